The molecule has 82 valence electrons. The molecular weight excluding hydrogens is 189 g/mol. The van der Waals surface area contributed by atoms with Gasteiger partial charge in [-0.05, 0) is 55.4 Å². The van der Waals surface area contributed by atoms with Gasteiger partial charge in [0.15, 0.2) is 0 Å². The van der Waals surface area contributed by atoms with Crippen LogP contribution in [0.3, 0.4) is 0 Å². The molecule has 0 aromatic heterocycles. The highest BCUT2D eigenvalue weighted by Gasteiger charge is 2.24. The van der Waals surface area contributed by atoms with Crippen molar-refractivity contribution in [3.05, 3.63) is 35.1 Å². The van der Waals surface area contributed by atoms with E-state index in [-0.39, 0.29) is 5.82 Å². The third-order valence-corrected chi connectivity index (χ3v) is 3.51. The van der Waals surface area contributed by atoms with Crippen molar-refractivity contribution >= 4 is 0 Å². The van der Waals surface area contributed by atoms with Crippen LogP contribution in [0.1, 0.15) is 30.4 Å². The van der Waals surface area contributed by atoms with E-state index in [1.54, 1.807) is 6.07 Å². The van der Waals surface area contributed by atoms with Crippen molar-refractivity contribution in [2.24, 2.45) is 11.7 Å². The van der Waals surface area contributed by atoms with Gasteiger partial charge in [0, 0.05) is 6.04 Å². The molecule has 0 spiro atoms. The first kappa shape index (κ1) is 10.6. The highest BCUT2D eigenvalue weighted by Crippen LogP contribution is 2.28. The van der Waals surface area contributed by atoms with E-state index in [1.807, 2.05) is 13.0 Å². The molecule has 2 atom stereocenters. The summed E-state index contributed by atoms with van der Waals surface area (Å²) in [5, 5.41) is 0. The first-order valence-corrected chi connectivity index (χ1v) is 5.67. The summed E-state index contributed by atoms with van der Waals surface area (Å²) in [4.78, 5) is 0. The van der Waals surface area contributed by atoms with Gasteiger partial charge in [0.05, 0.1) is 0 Å². The van der Waals surface area contributed by atoms with Crippen molar-refractivity contribution in [3.63, 3.8) is 0 Å². The van der Waals surface area contributed by atoms with Crippen LogP contribution in [0.5, 0.6) is 0 Å². The van der Waals surface area contributed by atoms with Crippen LogP contribution in [0, 0.1) is 18.7 Å². The van der Waals surface area contributed by atoms with E-state index in [0.29, 0.717) is 12.0 Å². The van der Waals surface area contributed by atoms with Gasteiger partial charge in [-0.1, -0.05) is 12.5 Å². The van der Waals surface area contributed by atoms with Crippen LogP contribution in [-0.4, -0.2) is 6.04 Å². The second kappa shape index (κ2) is 4.31. The molecule has 1 saturated carbocycles. The molecule has 0 saturated heterocycles. The zero-order valence-corrected chi connectivity index (χ0v) is 9.17. The van der Waals surface area contributed by atoms with E-state index >= 15 is 0 Å². The van der Waals surface area contributed by atoms with Crippen molar-refractivity contribution in [1.82, 2.24) is 0 Å². The lowest BCUT2D eigenvalue weighted by Gasteiger charge is -2.16. The molecule has 1 fully saturated rings. The number of hydrogen-bond donors (Lipinski definition) is 1. The van der Waals surface area contributed by atoms with Crippen molar-refractivity contribution < 1.29 is 4.39 Å². The number of aryl methyl sites for hydroxylation is 1. The maximum absolute atomic E-state index is 13.1. The van der Waals surface area contributed by atoms with Crippen molar-refractivity contribution in [1.29, 1.82) is 0 Å². The minimum atomic E-state index is -0.137. The number of halogens is 1. The second-order valence-electron chi connectivity index (χ2n) is 4.63. The lowest BCUT2D eigenvalue weighted by Crippen LogP contribution is -2.26. The van der Waals surface area contributed by atoms with E-state index in [9.17, 15) is 4.39 Å². The lowest BCUT2D eigenvalue weighted by atomic mass is 9.93. The summed E-state index contributed by atoms with van der Waals surface area (Å²) in [6.07, 6.45) is 4.47. The molecule has 0 aliphatic heterocycles. The highest BCUT2D eigenvalue weighted by atomic mass is 19.1. The Morgan fingerprint density at radius 1 is 1.40 bits per heavy atom. The number of benzene rings is 1. The number of hydrogen-bond acceptors (Lipinski definition) is 1. The van der Waals surface area contributed by atoms with E-state index < -0.39 is 0 Å². The van der Waals surface area contributed by atoms with Crippen LogP contribution in [-0.2, 0) is 6.42 Å². The van der Waals surface area contributed by atoms with Crippen LogP contribution in [0.2, 0.25) is 0 Å². The van der Waals surface area contributed by atoms with Gasteiger partial charge >= 0.3 is 0 Å². The molecule has 0 heterocycles. The summed E-state index contributed by atoms with van der Waals surface area (Å²) in [7, 11) is 0. The predicted octanol–water partition coefficient (Wildman–Crippen LogP) is 2.80. The zero-order valence-electron chi connectivity index (χ0n) is 9.17. The molecular formula is C13H18FN. The van der Waals surface area contributed by atoms with Gasteiger partial charge in [-0.25, -0.2) is 4.39 Å². The molecule has 1 nitrogen and oxygen atoms in total. The predicted molar refractivity (Wildman–Crippen MR) is 60.2 cm³/mol. The molecule has 1 aromatic carbocycles. The molecule has 1 aliphatic carbocycles. The Balaban J connectivity index is 2.12. The topological polar surface area (TPSA) is 26.0 Å². The average molecular weight is 207 g/mol. The third kappa shape index (κ3) is 2.37. The maximum Gasteiger partial charge on any atom is 0.123 e. The highest BCUT2D eigenvalue weighted by molar-refractivity contribution is 5.27. The molecule has 2 heteroatoms. The van der Waals surface area contributed by atoms with Crippen molar-refractivity contribution in [2.75, 3.05) is 0 Å². The second-order valence-corrected chi connectivity index (χ2v) is 4.63. The summed E-state index contributed by atoms with van der Waals surface area (Å²) in [5.74, 6) is 0.410. The Hall–Kier alpha value is -0.890. The fraction of sp³-hybridized carbons (Fsp3) is 0.538. The molecule has 0 amide bonds. The van der Waals surface area contributed by atoms with Crippen LogP contribution in [0.25, 0.3) is 0 Å². The first-order chi connectivity index (χ1) is 7.16. The fourth-order valence-corrected chi connectivity index (χ4v) is 2.46. The summed E-state index contributed by atoms with van der Waals surface area (Å²) in [6.45, 7) is 2.04. The maximum atomic E-state index is 13.1. The lowest BCUT2D eigenvalue weighted by molar-refractivity contribution is 0.476. The molecule has 2 rings (SSSR count). The standard InChI is InChI=1S/C13H18FN/c1-9-5-6-12(14)8-11(9)7-10-3-2-4-13(10)15/h5-6,8,10,13H,2-4,7,15H2,1H3. The number of nitrogens with two attached hydrogens (primary N) is 1. The van der Waals surface area contributed by atoms with Crippen LogP contribution >= 0.6 is 0 Å². The normalized spacial score (nSPS) is 25.8. The molecule has 1 aromatic rings. The molecule has 2 N–H and O–H groups in total. The molecule has 1 aliphatic rings. The SMILES string of the molecule is Cc1ccc(F)cc1CC1CCCC1N. The minimum Gasteiger partial charge on any atom is -0.327 e. The van der Waals surface area contributed by atoms with Crippen LogP contribution in [0.15, 0.2) is 18.2 Å². The summed E-state index contributed by atoms with van der Waals surface area (Å²) >= 11 is 0. The van der Waals surface area contributed by atoms with Gasteiger partial charge in [-0.2, -0.15) is 0 Å². The van der Waals surface area contributed by atoms with E-state index in [2.05, 4.69) is 0 Å². The Morgan fingerprint density at radius 2 is 2.20 bits per heavy atom. The van der Waals surface area contributed by atoms with Crippen molar-refractivity contribution in [3.8, 4) is 0 Å². The largest absolute Gasteiger partial charge is 0.327 e. The fourth-order valence-electron chi connectivity index (χ4n) is 2.46. The zero-order chi connectivity index (χ0) is 10.8. The molecule has 0 bridgehead atoms. The van der Waals surface area contributed by atoms with Gasteiger partial charge in [0.1, 0.15) is 5.82 Å². The van der Waals surface area contributed by atoms with E-state index in [4.69, 9.17) is 5.73 Å². The summed E-state index contributed by atoms with van der Waals surface area (Å²) in [5.41, 5.74) is 8.32. The average Bonchev–Trinajstić information content (AvgIpc) is 2.58. The summed E-state index contributed by atoms with van der Waals surface area (Å²) in [6, 6.07) is 5.34. The Bertz CT molecular complexity index is 348. The van der Waals surface area contributed by atoms with Gasteiger partial charge < -0.3 is 5.73 Å². The van der Waals surface area contributed by atoms with E-state index in [0.717, 1.165) is 18.4 Å². The first-order valence-electron chi connectivity index (χ1n) is 5.67. The van der Waals surface area contributed by atoms with Crippen molar-refractivity contribution in [2.45, 2.75) is 38.6 Å². The molecule has 2 unspecified atom stereocenters. The Kier molecular flexibility index (Phi) is 3.06. The Morgan fingerprint density at radius 3 is 2.87 bits per heavy atom. The molecule has 0 radical (unpaired) electrons. The van der Waals surface area contributed by atoms with Crippen LogP contribution in [0.4, 0.5) is 4.39 Å². The number of rotatable bonds is 2. The van der Waals surface area contributed by atoms with Gasteiger partial charge in [-0.3, -0.25) is 0 Å². The smallest absolute Gasteiger partial charge is 0.123 e. The monoisotopic (exact) mass is 207 g/mol. The van der Waals surface area contributed by atoms with Gasteiger partial charge in [0.2, 0.25) is 0 Å². The van der Waals surface area contributed by atoms with Gasteiger partial charge in [-0.15, -0.1) is 0 Å². The van der Waals surface area contributed by atoms with Gasteiger partial charge in [0.25, 0.3) is 0 Å². The third-order valence-electron chi connectivity index (χ3n) is 3.51. The quantitative estimate of drug-likeness (QED) is 0.793. The summed E-state index contributed by atoms with van der Waals surface area (Å²) < 4.78 is 13.1. The van der Waals surface area contributed by atoms with Crippen LogP contribution < -0.4 is 5.73 Å². The molecule has 15 heavy (non-hydrogen) atoms. The Labute approximate surface area is 90.5 Å². The van der Waals surface area contributed by atoms with E-state index in [1.165, 1.54) is 24.5 Å². The minimum absolute atomic E-state index is 0.137.